The summed E-state index contributed by atoms with van der Waals surface area (Å²) in [7, 11) is 1.89. The number of hydrogen-bond acceptors (Lipinski definition) is 3. The minimum atomic E-state index is 0.723. The van der Waals surface area contributed by atoms with E-state index in [2.05, 4.69) is 27.5 Å². The molecule has 0 aliphatic carbocycles. The van der Waals surface area contributed by atoms with Crippen LogP contribution in [0.3, 0.4) is 0 Å². The number of aromatic nitrogens is 3. The Bertz CT molecular complexity index is 659. The molecule has 0 unspecified atom stereocenters. The molecule has 0 fully saturated rings. The third-order valence-electron chi connectivity index (χ3n) is 2.93. The molecule has 0 atom stereocenters. The van der Waals surface area contributed by atoms with Gasteiger partial charge in [-0.1, -0.05) is 18.2 Å². The maximum absolute atomic E-state index is 4.62. The summed E-state index contributed by atoms with van der Waals surface area (Å²) in [5.41, 5.74) is 2.14. The molecule has 0 aliphatic rings. The second-order valence-corrected chi connectivity index (χ2v) is 4.14. The molecule has 1 aromatic carbocycles. The van der Waals surface area contributed by atoms with Gasteiger partial charge in [-0.2, -0.15) is 5.10 Å². The predicted octanol–water partition coefficient (Wildman–Crippen LogP) is 2.52. The van der Waals surface area contributed by atoms with Gasteiger partial charge in [0.1, 0.15) is 5.82 Å². The summed E-state index contributed by atoms with van der Waals surface area (Å²) < 4.78 is 1.90. The number of nitrogens with one attached hydrogen (secondary N) is 1. The van der Waals surface area contributed by atoms with Crippen LogP contribution < -0.4 is 5.32 Å². The van der Waals surface area contributed by atoms with Crippen molar-refractivity contribution >= 4 is 16.7 Å². The van der Waals surface area contributed by atoms with Crippen LogP contribution in [0.4, 0.5) is 5.82 Å². The second kappa shape index (κ2) is 4.49. The highest BCUT2D eigenvalue weighted by molar-refractivity contribution is 5.81. The average molecular weight is 238 g/mol. The van der Waals surface area contributed by atoms with Crippen LogP contribution >= 0.6 is 0 Å². The molecule has 0 spiro atoms. The largest absolute Gasteiger partial charge is 0.373 e. The number of hydrogen-bond donors (Lipinski definition) is 1. The Morgan fingerprint density at radius 1 is 1.22 bits per heavy atom. The number of pyridine rings is 1. The fourth-order valence-electron chi connectivity index (χ4n) is 2.07. The molecule has 0 saturated heterocycles. The maximum atomic E-state index is 4.62. The quantitative estimate of drug-likeness (QED) is 0.762. The Kier molecular flexibility index (Phi) is 2.68. The van der Waals surface area contributed by atoms with Crippen molar-refractivity contribution < 1.29 is 0 Å². The highest BCUT2D eigenvalue weighted by atomic mass is 15.3. The number of benzene rings is 1. The predicted molar refractivity (Wildman–Crippen MR) is 72.6 cm³/mol. The summed E-state index contributed by atoms with van der Waals surface area (Å²) in [5.74, 6) is 0.907. The van der Waals surface area contributed by atoms with Gasteiger partial charge in [0.2, 0.25) is 0 Å². The molecular weight excluding hydrogens is 224 g/mol. The lowest BCUT2D eigenvalue weighted by atomic mass is 10.1. The van der Waals surface area contributed by atoms with Crippen molar-refractivity contribution in [3.8, 4) is 0 Å². The van der Waals surface area contributed by atoms with E-state index in [1.807, 2.05) is 42.2 Å². The van der Waals surface area contributed by atoms with Crippen LogP contribution in [0.25, 0.3) is 10.9 Å². The van der Waals surface area contributed by atoms with Crippen molar-refractivity contribution in [3.05, 3.63) is 54.4 Å². The fraction of sp³-hybridized carbons (Fsp3) is 0.143. The van der Waals surface area contributed by atoms with E-state index in [0.29, 0.717) is 0 Å². The van der Waals surface area contributed by atoms with Crippen molar-refractivity contribution in [2.24, 2.45) is 0 Å². The summed E-state index contributed by atoms with van der Waals surface area (Å²) >= 11 is 0. The molecule has 0 amide bonds. The average Bonchev–Trinajstić information content (AvgIpc) is 2.91. The van der Waals surface area contributed by atoms with Crippen LogP contribution in [0.15, 0.2) is 48.8 Å². The van der Waals surface area contributed by atoms with Crippen molar-refractivity contribution in [1.29, 1.82) is 0 Å². The lowest BCUT2D eigenvalue weighted by Gasteiger charge is -2.10. The summed E-state index contributed by atoms with van der Waals surface area (Å²) in [6.07, 6.45) is 3.74. The Morgan fingerprint density at radius 2 is 2.11 bits per heavy atom. The van der Waals surface area contributed by atoms with Crippen LogP contribution in [-0.2, 0) is 6.54 Å². The minimum absolute atomic E-state index is 0.723. The van der Waals surface area contributed by atoms with E-state index in [1.54, 1.807) is 6.20 Å². The zero-order chi connectivity index (χ0) is 12.4. The first-order chi connectivity index (χ1) is 8.86. The van der Waals surface area contributed by atoms with Gasteiger partial charge in [-0.25, -0.2) is 4.98 Å². The van der Waals surface area contributed by atoms with Gasteiger partial charge in [0.15, 0.2) is 0 Å². The smallest absolute Gasteiger partial charge is 0.131 e. The molecule has 0 saturated carbocycles. The summed E-state index contributed by atoms with van der Waals surface area (Å²) in [6, 6.07) is 12.2. The zero-order valence-corrected chi connectivity index (χ0v) is 10.2. The summed E-state index contributed by atoms with van der Waals surface area (Å²) in [6.45, 7) is 0.723. The van der Waals surface area contributed by atoms with E-state index in [4.69, 9.17) is 0 Å². The highest BCUT2D eigenvalue weighted by Gasteiger charge is 2.06. The molecule has 2 aromatic heterocycles. The van der Waals surface area contributed by atoms with Crippen molar-refractivity contribution in [1.82, 2.24) is 14.8 Å². The van der Waals surface area contributed by atoms with Crippen LogP contribution in [0.5, 0.6) is 0 Å². The van der Waals surface area contributed by atoms with Crippen molar-refractivity contribution in [3.63, 3.8) is 0 Å². The lowest BCUT2D eigenvalue weighted by molar-refractivity contribution is 0.687. The molecule has 4 heteroatoms. The van der Waals surface area contributed by atoms with Gasteiger partial charge in [0.05, 0.1) is 12.1 Å². The number of fused-ring (bicyclic) bond motifs is 1. The van der Waals surface area contributed by atoms with Gasteiger partial charge in [-0.05, 0) is 18.2 Å². The first-order valence-corrected chi connectivity index (χ1v) is 5.90. The van der Waals surface area contributed by atoms with Gasteiger partial charge < -0.3 is 5.32 Å². The molecule has 2 heterocycles. The first kappa shape index (κ1) is 10.8. The molecule has 4 nitrogen and oxygen atoms in total. The molecule has 0 bridgehead atoms. The number of rotatable bonds is 3. The molecule has 90 valence electrons. The molecule has 18 heavy (non-hydrogen) atoms. The molecule has 1 N–H and O–H groups in total. The standard InChI is InChI=1S/C14H14N4/c1-15-14-12(10-18-8-4-7-16-18)9-11-5-2-3-6-13(11)17-14/h2-9H,10H2,1H3,(H,15,17). The van der Waals surface area contributed by atoms with E-state index < -0.39 is 0 Å². The number of anilines is 1. The number of para-hydroxylation sites is 1. The van der Waals surface area contributed by atoms with Gasteiger partial charge >= 0.3 is 0 Å². The van der Waals surface area contributed by atoms with Crippen molar-refractivity contribution in [2.45, 2.75) is 6.54 Å². The lowest BCUT2D eigenvalue weighted by Crippen LogP contribution is -2.05. The minimum Gasteiger partial charge on any atom is -0.373 e. The third-order valence-corrected chi connectivity index (χ3v) is 2.93. The molecule has 3 rings (SSSR count). The van der Waals surface area contributed by atoms with E-state index >= 15 is 0 Å². The monoisotopic (exact) mass is 238 g/mol. The van der Waals surface area contributed by atoms with Crippen LogP contribution in [0, 0.1) is 0 Å². The van der Waals surface area contributed by atoms with Crippen LogP contribution in [-0.4, -0.2) is 21.8 Å². The van der Waals surface area contributed by atoms with Gasteiger partial charge in [0.25, 0.3) is 0 Å². The normalized spacial score (nSPS) is 10.7. The molecule has 0 radical (unpaired) electrons. The van der Waals surface area contributed by atoms with E-state index in [9.17, 15) is 0 Å². The number of nitrogens with zero attached hydrogens (tertiary/aromatic N) is 3. The molecular formula is C14H14N4. The zero-order valence-electron chi connectivity index (χ0n) is 10.2. The Balaban J connectivity index is 2.09. The third kappa shape index (κ3) is 1.93. The van der Waals surface area contributed by atoms with E-state index in [0.717, 1.165) is 28.8 Å². The highest BCUT2D eigenvalue weighted by Crippen LogP contribution is 2.20. The maximum Gasteiger partial charge on any atom is 0.131 e. The fourth-order valence-corrected chi connectivity index (χ4v) is 2.07. The van der Waals surface area contributed by atoms with Crippen LogP contribution in [0.1, 0.15) is 5.56 Å². The van der Waals surface area contributed by atoms with Gasteiger partial charge in [0, 0.05) is 30.4 Å². The van der Waals surface area contributed by atoms with E-state index in [-0.39, 0.29) is 0 Å². The van der Waals surface area contributed by atoms with Crippen molar-refractivity contribution in [2.75, 3.05) is 12.4 Å². The van der Waals surface area contributed by atoms with E-state index in [1.165, 1.54) is 0 Å². The van der Waals surface area contributed by atoms with Crippen LogP contribution in [0.2, 0.25) is 0 Å². The summed E-state index contributed by atoms with van der Waals surface area (Å²) in [4.78, 5) is 4.62. The topological polar surface area (TPSA) is 42.7 Å². The molecule has 3 aromatic rings. The SMILES string of the molecule is CNc1nc2ccccc2cc1Cn1cccn1. The second-order valence-electron chi connectivity index (χ2n) is 4.14. The molecule has 0 aliphatic heterocycles. The Labute approximate surface area is 105 Å². The first-order valence-electron chi connectivity index (χ1n) is 5.90. The Morgan fingerprint density at radius 3 is 2.89 bits per heavy atom. The Hall–Kier alpha value is -2.36. The van der Waals surface area contributed by atoms with Gasteiger partial charge in [-0.3, -0.25) is 4.68 Å². The summed E-state index contributed by atoms with van der Waals surface area (Å²) in [5, 5.41) is 8.53. The van der Waals surface area contributed by atoms with Gasteiger partial charge in [-0.15, -0.1) is 0 Å².